The molecule has 3 atom stereocenters. The summed E-state index contributed by atoms with van der Waals surface area (Å²) in [7, 11) is 0. The summed E-state index contributed by atoms with van der Waals surface area (Å²) in [5.74, 6) is 1.61. The summed E-state index contributed by atoms with van der Waals surface area (Å²) < 4.78 is 5.69. The molecular weight excluding hydrogens is 286 g/mol. The largest absolute Gasteiger partial charge is 0.446 e. The maximum atomic E-state index is 12.1. The third-order valence-electron chi connectivity index (χ3n) is 4.31. The molecule has 0 aromatic heterocycles. The molecule has 1 N–H and O–H groups in total. The van der Waals surface area contributed by atoms with Gasteiger partial charge in [-0.25, -0.2) is 4.79 Å². The normalized spacial score (nSPS) is 25.7. The molecule has 0 spiro atoms. The van der Waals surface area contributed by atoms with Gasteiger partial charge in [-0.2, -0.15) is 0 Å². The van der Waals surface area contributed by atoms with E-state index in [4.69, 9.17) is 16.3 Å². The molecule has 4 heteroatoms. The highest BCUT2D eigenvalue weighted by Gasteiger charge is 2.33. The first-order valence-electron chi connectivity index (χ1n) is 7.69. The second-order valence-electron chi connectivity index (χ2n) is 6.40. The lowest BCUT2D eigenvalue weighted by Crippen LogP contribution is -2.36. The molecule has 0 heterocycles. The minimum atomic E-state index is -0.373. The summed E-state index contributed by atoms with van der Waals surface area (Å²) in [5.41, 5.74) is 0.703. The number of carbonyl (C=O) groups is 1. The number of hydrogen-bond donors (Lipinski definition) is 1. The van der Waals surface area contributed by atoms with Crippen LogP contribution in [0.5, 0.6) is 0 Å². The van der Waals surface area contributed by atoms with Crippen LogP contribution in [0.4, 0.5) is 10.5 Å². The van der Waals surface area contributed by atoms with Gasteiger partial charge in [0, 0.05) is 10.7 Å². The Balaban J connectivity index is 1.94. The fraction of sp³-hybridized carbons (Fsp3) is 0.588. The molecule has 1 aliphatic rings. The van der Waals surface area contributed by atoms with E-state index in [0.717, 1.165) is 12.8 Å². The van der Waals surface area contributed by atoms with Crippen LogP contribution in [-0.2, 0) is 4.74 Å². The van der Waals surface area contributed by atoms with Gasteiger partial charge >= 0.3 is 6.09 Å². The van der Waals surface area contributed by atoms with Crippen molar-refractivity contribution < 1.29 is 9.53 Å². The Bertz CT molecular complexity index is 472. The van der Waals surface area contributed by atoms with E-state index in [1.165, 1.54) is 6.42 Å². The standard InChI is InChI=1S/C17H24ClNO2/c1-11(2)15-9-4-12(3)10-16(15)21-17(20)19-14-7-5-13(18)6-8-14/h5-8,11-12,15-16H,4,9-10H2,1-3H3,(H,19,20)/t12-,15-,16-/m1/s1. The highest BCUT2D eigenvalue weighted by Crippen LogP contribution is 2.35. The van der Waals surface area contributed by atoms with Crippen LogP contribution in [-0.4, -0.2) is 12.2 Å². The molecule has 116 valence electrons. The number of carbonyl (C=O) groups excluding carboxylic acids is 1. The van der Waals surface area contributed by atoms with Crippen LogP contribution in [0.1, 0.15) is 40.0 Å². The molecule has 1 fully saturated rings. The van der Waals surface area contributed by atoms with Crippen LogP contribution in [0.25, 0.3) is 0 Å². The predicted molar refractivity (Wildman–Crippen MR) is 86.7 cm³/mol. The first-order chi connectivity index (χ1) is 9.95. The quantitative estimate of drug-likeness (QED) is 0.817. The van der Waals surface area contributed by atoms with Gasteiger partial charge in [-0.1, -0.05) is 38.8 Å². The van der Waals surface area contributed by atoms with Gasteiger partial charge in [0.1, 0.15) is 6.10 Å². The van der Waals surface area contributed by atoms with Crippen molar-refractivity contribution in [3.63, 3.8) is 0 Å². The average Bonchev–Trinajstić information content (AvgIpc) is 2.41. The summed E-state index contributed by atoms with van der Waals surface area (Å²) in [5, 5.41) is 3.42. The Morgan fingerprint density at radius 2 is 1.95 bits per heavy atom. The molecule has 1 aromatic carbocycles. The third kappa shape index (κ3) is 4.63. The minimum Gasteiger partial charge on any atom is -0.446 e. The van der Waals surface area contributed by atoms with E-state index in [1.807, 2.05) is 0 Å². The van der Waals surface area contributed by atoms with Crippen molar-refractivity contribution >= 4 is 23.4 Å². The average molecular weight is 310 g/mol. The van der Waals surface area contributed by atoms with Crippen molar-refractivity contribution in [1.82, 2.24) is 0 Å². The summed E-state index contributed by atoms with van der Waals surface area (Å²) >= 11 is 5.83. The number of amides is 1. The number of nitrogens with one attached hydrogen (secondary N) is 1. The van der Waals surface area contributed by atoms with Crippen LogP contribution in [0.2, 0.25) is 5.02 Å². The molecule has 0 saturated heterocycles. The Labute approximate surface area is 132 Å². The highest BCUT2D eigenvalue weighted by atomic mass is 35.5. The molecule has 1 amide bonds. The Morgan fingerprint density at radius 3 is 2.57 bits per heavy atom. The number of halogens is 1. The van der Waals surface area contributed by atoms with Gasteiger partial charge < -0.3 is 4.74 Å². The number of ether oxygens (including phenoxy) is 1. The van der Waals surface area contributed by atoms with E-state index in [1.54, 1.807) is 24.3 Å². The molecule has 3 nitrogen and oxygen atoms in total. The van der Waals surface area contributed by atoms with Crippen LogP contribution in [0.15, 0.2) is 24.3 Å². The van der Waals surface area contributed by atoms with E-state index in [-0.39, 0.29) is 12.2 Å². The van der Waals surface area contributed by atoms with Gasteiger partial charge in [-0.3, -0.25) is 5.32 Å². The second kappa shape index (κ2) is 7.17. The van der Waals surface area contributed by atoms with E-state index in [0.29, 0.717) is 28.5 Å². The SMILES string of the molecule is CC(C)[C@H]1CC[C@@H](C)C[C@H]1OC(=O)Nc1ccc(Cl)cc1. The third-order valence-corrected chi connectivity index (χ3v) is 4.56. The molecule has 2 rings (SSSR count). The van der Waals surface area contributed by atoms with Crippen LogP contribution in [0, 0.1) is 17.8 Å². The summed E-state index contributed by atoms with van der Waals surface area (Å²) in [6.07, 6.45) is 2.96. The molecule has 1 aliphatic carbocycles. The van der Waals surface area contributed by atoms with Gasteiger partial charge in [0.25, 0.3) is 0 Å². The number of benzene rings is 1. The molecule has 0 unspecified atom stereocenters. The number of anilines is 1. The first kappa shape index (κ1) is 16.2. The molecular formula is C17H24ClNO2. The zero-order valence-corrected chi connectivity index (χ0v) is 13.7. The molecule has 1 aromatic rings. The lowest BCUT2D eigenvalue weighted by atomic mass is 9.75. The summed E-state index contributed by atoms with van der Waals surface area (Å²) in [6.45, 7) is 6.63. The maximum Gasteiger partial charge on any atom is 0.411 e. The minimum absolute atomic E-state index is 0.0149. The second-order valence-corrected chi connectivity index (χ2v) is 6.84. The number of rotatable bonds is 3. The molecule has 21 heavy (non-hydrogen) atoms. The predicted octanol–water partition coefficient (Wildman–Crippen LogP) is 5.35. The van der Waals surface area contributed by atoms with E-state index >= 15 is 0 Å². The van der Waals surface area contributed by atoms with E-state index in [2.05, 4.69) is 26.1 Å². The van der Waals surface area contributed by atoms with E-state index < -0.39 is 0 Å². The van der Waals surface area contributed by atoms with Crippen LogP contribution >= 0.6 is 11.6 Å². The Kier molecular flexibility index (Phi) is 5.51. The van der Waals surface area contributed by atoms with Crippen molar-refractivity contribution in [1.29, 1.82) is 0 Å². The highest BCUT2D eigenvalue weighted by molar-refractivity contribution is 6.30. The zero-order valence-electron chi connectivity index (χ0n) is 12.9. The first-order valence-corrected chi connectivity index (χ1v) is 8.06. The van der Waals surface area contributed by atoms with Crippen molar-refractivity contribution in [2.45, 2.75) is 46.1 Å². The van der Waals surface area contributed by atoms with Crippen molar-refractivity contribution in [2.24, 2.45) is 17.8 Å². The molecule has 0 bridgehead atoms. The summed E-state index contributed by atoms with van der Waals surface area (Å²) in [4.78, 5) is 12.1. The van der Waals surface area contributed by atoms with Gasteiger partial charge in [0.05, 0.1) is 0 Å². The lowest BCUT2D eigenvalue weighted by Gasteiger charge is -2.36. The molecule has 1 saturated carbocycles. The van der Waals surface area contributed by atoms with Crippen LogP contribution in [0.3, 0.4) is 0 Å². The molecule has 0 aliphatic heterocycles. The van der Waals surface area contributed by atoms with Crippen molar-refractivity contribution in [2.75, 3.05) is 5.32 Å². The monoisotopic (exact) mass is 309 g/mol. The van der Waals surface area contributed by atoms with Gasteiger partial charge in [-0.15, -0.1) is 0 Å². The van der Waals surface area contributed by atoms with Gasteiger partial charge in [0.2, 0.25) is 0 Å². The lowest BCUT2D eigenvalue weighted by molar-refractivity contribution is 0.0126. The van der Waals surface area contributed by atoms with Gasteiger partial charge in [-0.05, 0) is 54.9 Å². The topological polar surface area (TPSA) is 38.3 Å². The van der Waals surface area contributed by atoms with Crippen molar-refractivity contribution in [3.05, 3.63) is 29.3 Å². The maximum absolute atomic E-state index is 12.1. The van der Waals surface area contributed by atoms with Gasteiger partial charge in [0.15, 0.2) is 0 Å². The smallest absolute Gasteiger partial charge is 0.411 e. The Morgan fingerprint density at radius 1 is 1.29 bits per heavy atom. The zero-order chi connectivity index (χ0) is 15.4. The van der Waals surface area contributed by atoms with Crippen LogP contribution < -0.4 is 5.32 Å². The van der Waals surface area contributed by atoms with Crippen molar-refractivity contribution in [3.8, 4) is 0 Å². The fourth-order valence-corrected chi connectivity index (χ4v) is 3.19. The molecule has 0 radical (unpaired) electrons. The summed E-state index contributed by atoms with van der Waals surface area (Å²) in [6, 6.07) is 7.04. The Hall–Kier alpha value is -1.22. The number of hydrogen-bond acceptors (Lipinski definition) is 2. The fourth-order valence-electron chi connectivity index (χ4n) is 3.07. The van der Waals surface area contributed by atoms with E-state index in [9.17, 15) is 4.79 Å².